The molecule has 0 amide bonds. The third-order valence-electron chi connectivity index (χ3n) is 0.346. The van der Waals surface area contributed by atoms with Gasteiger partial charge in [0.1, 0.15) is 0 Å². The molecule has 1 saturated heterocycles. The van der Waals surface area contributed by atoms with Gasteiger partial charge in [-0.25, -0.2) is 0 Å². The zero-order chi connectivity index (χ0) is 3.54. The number of hydrogen-bond acceptors (Lipinski definition) is 3. The molecule has 0 radical (unpaired) electrons. The van der Waals surface area contributed by atoms with Crippen molar-refractivity contribution in [1.29, 1.82) is 0 Å². The second-order valence-electron chi connectivity index (χ2n) is 0.676. The van der Waals surface area contributed by atoms with Gasteiger partial charge in [0.15, 0.2) is 0 Å². The van der Waals surface area contributed by atoms with Gasteiger partial charge in [-0.2, -0.15) is 0 Å². The highest BCUT2D eigenvalue weighted by molar-refractivity contribution is 6.37. The summed E-state index contributed by atoms with van der Waals surface area (Å²) in [5, 5.41) is 0. The minimum atomic E-state index is -0.617. The minimum absolute atomic E-state index is 0. The summed E-state index contributed by atoms with van der Waals surface area (Å²) in [6, 6.07) is 0. The first kappa shape index (κ1) is 3.50. The molecule has 0 bridgehead atoms. The van der Waals surface area contributed by atoms with Crippen LogP contribution in [0.3, 0.4) is 0 Å². The van der Waals surface area contributed by atoms with E-state index in [1.165, 1.54) is 0 Å². The third-order valence-corrected chi connectivity index (χ3v) is 2.54. The van der Waals surface area contributed by atoms with Crippen LogP contribution in [0.4, 0.5) is 0 Å². The Bertz CT molecular complexity index is 30.2. The van der Waals surface area contributed by atoms with Crippen LogP contribution in [0.5, 0.6) is 0 Å². The molecule has 0 aromatic heterocycles. The molecular formula is H14O3Si2+10. The van der Waals surface area contributed by atoms with Crippen LogP contribution in [0.2, 0.25) is 0 Å². The molecule has 0 spiro atoms. The van der Waals surface area contributed by atoms with E-state index in [9.17, 15) is 0 Å². The number of rotatable bonds is 0. The molecule has 0 N–H and O–H groups in total. The summed E-state index contributed by atoms with van der Waals surface area (Å²) in [5.74, 6) is 0. The van der Waals surface area contributed by atoms with Gasteiger partial charge in [0.2, 0.25) is 0 Å². The van der Waals surface area contributed by atoms with Gasteiger partial charge in [-0.15, -0.1) is 0 Å². The largest absolute Gasteiger partial charge is 1.00 e. The molecule has 30 valence electrons. The quantitative estimate of drug-likeness (QED) is 0.304. The van der Waals surface area contributed by atoms with Crippen molar-refractivity contribution >= 4 is 20.0 Å². The Morgan fingerprint density at radius 1 is 1.20 bits per heavy atom. The predicted octanol–water partition coefficient (Wildman–Crippen LogP) is -0.913. The molecule has 0 aliphatic carbocycles. The summed E-state index contributed by atoms with van der Waals surface area (Å²) in [5.41, 5.74) is 0. The van der Waals surface area contributed by atoms with Crippen molar-refractivity contribution in [3.05, 3.63) is 0 Å². The van der Waals surface area contributed by atoms with E-state index in [4.69, 9.17) is 4.12 Å². The lowest BCUT2D eigenvalue weighted by atomic mass is 14.9. The first-order valence-corrected chi connectivity index (χ1v) is 3.63. The lowest BCUT2D eigenvalue weighted by molar-refractivity contribution is -0.0859. The molecule has 1 aliphatic heterocycles. The van der Waals surface area contributed by atoms with Gasteiger partial charge < -0.3 is 4.12 Å². The van der Waals surface area contributed by atoms with E-state index >= 15 is 0 Å². The molecule has 0 atom stereocenters. The number of hydrogen-bond donors (Lipinski definition) is 0. The first-order chi connectivity index (χ1) is 2.50. The maximum absolute atomic E-state index is 4.78. The molecule has 1 heterocycles. The summed E-state index contributed by atoms with van der Waals surface area (Å²) in [4.78, 5) is 0. The van der Waals surface area contributed by atoms with Gasteiger partial charge in [0.25, 0.3) is 0 Å². The van der Waals surface area contributed by atoms with Crippen LogP contribution in [0, 0.1) is 0 Å². The zero-order valence-electron chi connectivity index (χ0n) is 12.6. The van der Waals surface area contributed by atoms with E-state index in [0.29, 0.717) is 0 Å². The lowest BCUT2D eigenvalue weighted by Gasteiger charge is -1.75. The monoisotopic (exact) mass is 118 g/mol. The summed E-state index contributed by atoms with van der Waals surface area (Å²) in [7, 11) is -1.23. The fourth-order valence-corrected chi connectivity index (χ4v) is 1.53. The highest BCUT2D eigenvalue weighted by Crippen LogP contribution is 1.82. The first-order valence-electron chi connectivity index (χ1n) is 1.32. The molecular weight excluding hydrogens is 104 g/mol. The van der Waals surface area contributed by atoms with E-state index < -0.39 is 20.0 Å². The molecule has 5 heteroatoms. The molecule has 0 unspecified atom stereocenters. The van der Waals surface area contributed by atoms with Crippen LogP contribution in [0.25, 0.3) is 0 Å². The Hall–Kier alpha value is 0.314. The highest BCUT2D eigenvalue weighted by atomic mass is 28.3. The predicted molar refractivity (Wildman–Crippen MR) is 31.5 cm³/mol. The fraction of sp³-hybridized carbons (Fsp3) is 0. The summed E-state index contributed by atoms with van der Waals surface area (Å²) < 4.78 is 13.6. The second kappa shape index (κ2) is 1.68. The van der Waals surface area contributed by atoms with Crippen LogP contribution in [-0.2, 0) is 13.3 Å². The normalized spacial score (nSPS) is 33.6. The maximum atomic E-state index is 4.78. The van der Waals surface area contributed by atoms with Crippen LogP contribution in [0.1, 0.15) is 14.3 Å². The molecule has 3 nitrogen and oxygen atoms in total. The Labute approximate surface area is 49.1 Å². The van der Waals surface area contributed by atoms with Crippen molar-refractivity contribution in [2.45, 2.75) is 0 Å². The van der Waals surface area contributed by atoms with E-state index in [2.05, 4.69) is 9.15 Å². The SMILES string of the molecule is O1O[SiH2]O[SiH2]1.[H+].[H+].[H+].[H+].[H+].[H+].[H+].[H+].[H+].[H+]. The lowest BCUT2D eigenvalue weighted by Crippen LogP contribution is -1.86. The van der Waals surface area contributed by atoms with Crippen molar-refractivity contribution in [3.63, 3.8) is 0 Å². The van der Waals surface area contributed by atoms with Crippen LogP contribution in [-0.4, -0.2) is 20.0 Å². The fourth-order valence-electron chi connectivity index (χ4n) is 0.170. The van der Waals surface area contributed by atoms with Gasteiger partial charge >= 0.3 is 34.3 Å². The Morgan fingerprint density at radius 3 is 2.00 bits per heavy atom. The summed E-state index contributed by atoms with van der Waals surface area (Å²) in [6.07, 6.45) is 0. The molecule has 1 rings (SSSR count). The van der Waals surface area contributed by atoms with Crippen molar-refractivity contribution < 1.29 is 27.5 Å². The molecule has 0 saturated carbocycles. The summed E-state index contributed by atoms with van der Waals surface area (Å²) in [6.45, 7) is 0. The van der Waals surface area contributed by atoms with Crippen molar-refractivity contribution in [2.75, 3.05) is 0 Å². The van der Waals surface area contributed by atoms with Gasteiger partial charge in [0, 0.05) is 0 Å². The standard InChI is InChI=1S/H4O3Si2/c1-2-5-3-4-1/h4-5H2/p+10. The van der Waals surface area contributed by atoms with E-state index in [-0.39, 0.29) is 14.3 Å². The minimum Gasteiger partial charge on any atom is -0.421 e. The summed E-state index contributed by atoms with van der Waals surface area (Å²) >= 11 is 0. The van der Waals surface area contributed by atoms with E-state index in [0.717, 1.165) is 0 Å². The maximum Gasteiger partial charge on any atom is 1.00 e. The van der Waals surface area contributed by atoms with E-state index in [1.807, 2.05) is 0 Å². The van der Waals surface area contributed by atoms with Crippen LogP contribution >= 0.6 is 0 Å². The molecule has 0 aromatic rings. The average molecular weight is 118 g/mol. The van der Waals surface area contributed by atoms with Gasteiger partial charge in [-0.1, -0.05) is 0 Å². The topological polar surface area (TPSA) is 27.7 Å². The smallest absolute Gasteiger partial charge is 0.421 e. The van der Waals surface area contributed by atoms with Crippen molar-refractivity contribution in [2.24, 2.45) is 0 Å². The molecule has 1 fully saturated rings. The Balaban J connectivity index is -0.00000000312. The van der Waals surface area contributed by atoms with Crippen molar-refractivity contribution in [3.8, 4) is 0 Å². The highest BCUT2D eigenvalue weighted by Gasteiger charge is 1.98. The molecule has 1 aliphatic rings. The van der Waals surface area contributed by atoms with Gasteiger partial charge in [-0.05, 0) is 0 Å². The molecule has 5 heavy (non-hydrogen) atoms. The Kier molecular flexibility index (Phi) is 1.17. The van der Waals surface area contributed by atoms with Gasteiger partial charge in [0.05, 0.1) is 0 Å². The molecule has 0 aromatic carbocycles. The van der Waals surface area contributed by atoms with Crippen LogP contribution in [0.15, 0.2) is 0 Å². The average Bonchev–Trinajstić information content (AvgIpc) is 1.76. The Morgan fingerprint density at radius 2 is 1.80 bits per heavy atom. The third kappa shape index (κ3) is 0.818. The second-order valence-corrected chi connectivity index (χ2v) is 3.25. The van der Waals surface area contributed by atoms with Gasteiger partial charge in [-0.3, -0.25) is 9.15 Å². The van der Waals surface area contributed by atoms with E-state index in [1.54, 1.807) is 0 Å². The van der Waals surface area contributed by atoms with Crippen molar-refractivity contribution in [1.82, 2.24) is 0 Å². The zero-order valence-corrected chi connectivity index (χ0v) is 5.47. The van der Waals surface area contributed by atoms with Crippen LogP contribution < -0.4 is 0 Å².